The van der Waals surface area contributed by atoms with Crippen LogP contribution in [0.15, 0.2) is 53.1 Å². The number of carbonyl (C=O) groups excluding carboxylic acids is 1. The highest BCUT2D eigenvalue weighted by Gasteiger charge is 2.59. The van der Waals surface area contributed by atoms with Gasteiger partial charge in [-0.1, -0.05) is 67.8 Å². The van der Waals surface area contributed by atoms with Gasteiger partial charge in [0.15, 0.2) is 5.78 Å². The number of hydrogen-bond acceptors (Lipinski definition) is 5. The third kappa shape index (κ3) is 5.83. The van der Waals surface area contributed by atoms with Gasteiger partial charge in [0, 0.05) is 38.0 Å². The molecule has 4 aliphatic carbocycles. The van der Waals surface area contributed by atoms with Gasteiger partial charge in [-0.3, -0.25) is 9.69 Å². The molecule has 7 rings (SSSR count). The molecule has 0 aromatic heterocycles. The standard InChI is InChI=1S/C38H54N2O4S/c1-25-20-35-36(40(24-25)18-17-39-45(42,43)19-14-28-8-6-5-7-9-28)27(3)38(44-35)16-13-31-32-11-10-29-21-30(41)12-15-37(29,4)34(32)22-33(31)26(2)23-38/h5-9,21,25,27,31-32,34-36,39H,10-20,22-24H2,1-4H3/t25-,27+,31-,32-,34-,35+,36-,37-,38-/m0/s1. The number of likely N-dealkylation sites (tertiary alicyclic amines) is 1. The highest BCUT2D eigenvalue weighted by molar-refractivity contribution is 7.89. The number of fused-ring (bicyclic) bond motifs is 6. The Bertz CT molecular complexity index is 1470. The molecule has 0 amide bonds. The van der Waals surface area contributed by atoms with Gasteiger partial charge < -0.3 is 4.74 Å². The van der Waals surface area contributed by atoms with Crippen LogP contribution in [0.3, 0.4) is 0 Å². The highest BCUT2D eigenvalue weighted by atomic mass is 32.2. The largest absolute Gasteiger partial charge is 0.369 e. The van der Waals surface area contributed by atoms with Crippen LogP contribution in [0.25, 0.3) is 0 Å². The second kappa shape index (κ2) is 12.0. The molecule has 1 spiro atoms. The van der Waals surface area contributed by atoms with E-state index in [4.69, 9.17) is 4.74 Å². The summed E-state index contributed by atoms with van der Waals surface area (Å²) < 4.78 is 35.9. The van der Waals surface area contributed by atoms with Crippen LogP contribution in [0.4, 0.5) is 0 Å². The summed E-state index contributed by atoms with van der Waals surface area (Å²) in [6.45, 7) is 11.8. The number of carbonyl (C=O) groups is 1. The number of hydrogen-bond donors (Lipinski definition) is 1. The van der Waals surface area contributed by atoms with E-state index < -0.39 is 10.0 Å². The third-order valence-electron chi connectivity index (χ3n) is 13.4. The molecule has 0 radical (unpaired) electrons. The molecule has 7 heteroatoms. The van der Waals surface area contributed by atoms with Gasteiger partial charge in [-0.15, -0.1) is 0 Å². The van der Waals surface area contributed by atoms with Gasteiger partial charge >= 0.3 is 0 Å². The lowest BCUT2D eigenvalue weighted by atomic mass is 9.56. The Kier molecular flexibility index (Phi) is 8.49. The number of sulfonamides is 1. The summed E-state index contributed by atoms with van der Waals surface area (Å²) >= 11 is 0. The number of nitrogens with one attached hydrogen (secondary N) is 1. The predicted molar refractivity (Wildman–Crippen MR) is 179 cm³/mol. The van der Waals surface area contributed by atoms with E-state index in [0.29, 0.717) is 54.9 Å². The monoisotopic (exact) mass is 634 g/mol. The van der Waals surface area contributed by atoms with Gasteiger partial charge in [-0.25, -0.2) is 13.1 Å². The normalized spacial score (nSPS) is 40.0. The fourth-order valence-corrected chi connectivity index (χ4v) is 12.1. The van der Waals surface area contributed by atoms with E-state index >= 15 is 0 Å². The number of nitrogens with zero attached hydrogens (tertiary/aromatic N) is 1. The molecule has 2 aliphatic heterocycles. The lowest BCUT2D eigenvalue weighted by molar-refractivity contribution is -0.116. The van der Waals surface area contributed by atoms with Gasteiger partial charge in [0.1, 0.15) is 0 Å². The second-order valence-corrected chi connectivity index (χ2v) is 17.9. The molecular weight excluding hydrogens is 580 g/mol. The maximum atomic E-state index is 12.8. The Balaban J connectivity index is 1.03. The number of ether oxygens (including phenoxy) is 1. The molecular formula is C38H54N2O4S. The van der Waals surface area contributed by atoms with Crippen molar-refractivity contribution >= 4 is 15.8 Å². The topological polar surface area (TPSA) is 75.7 Å². The second-order valence-electron chi connectivity index (χ2n) is 16.0. The molecule has 6 nitrogen and oxygen atoms in total. The SMILES string of the molecule is CC1=C2C[C@H]3[C@@H](CCC4=CC(=O)CC[C@@]43C)[C@@H]2CC[C@@]2(C1)O[C@@H]1C[C@H](C)CN(CCNS(=O)(=O)CCc3ccccc3)[C@H]1[C@H]2C. The summed E-state index contributed by atoms with van der Waals surface area (Å²) in [5.74, 6) is 3.44. The first kappa shape index (κ1) is 31.8. The summed E-state index contributed by atoms with van der Waals surface area (Å²) in [7, 11) is -3.34. The number of piperidine rings is 1. The van der Waals surface area contributed by atoms with E-state index in [-0.39, 0.29) is 22.9 Å². The van der Waals surface area contributed by atoms with Crippen molar-refractivity contribution in [3.8, 4) is 0 Å². The first-order valence-corrected chi connectivity index (χ1v) is 19.5. The molecule has 1 N–H and O–H groups in total. The molecule has 0 unspecified atom stereocenters. The smallest absolute Gasteiger partial charge is 0.211 e. The number of rotatable bonds is 7. The molecule has 0 bridgehead atoms. The first-order valence-electron chi connectivity index (χ1n) is 17.8. The molecule has 2 saturated heterocycles. The van der Waals surface area contributed by atoms with Crippen molar-refractivity contribution in [3.05, 3.63) is 58.7 Å². The zero-order valence-corrected chi connectivity index (χ0v) is 28.7. The summed E-state index contributed by atoms with van der Waals surface area (Å²) in [6, 6.07) is 10.2. The van der Waals surface area contributed by atoms with Gasteiger partial charge in [0.2, 0.25) is 10.0 Å². The van der Waals surface area contributed by atoms with Crippen molar-refractivity contribution in [2.45, 2.75) is 110 Å². The number of aryl methyl sites for hydroxylation is 1. The van der Waals surface area contributed by atoms with E-state index in [0.717, 1.165) is 56.7 Å². The molecule has 9 atom stereocenters. The minimum atomic E-state index is -3.34. The summed E-state index contributed by atoms with van der Waals surface area (Å²) in [5.41, 5.74) is 5.85. The van der Waals surface area contributed by atoms with Crippen LogP contribution in [-0.4, -0.2) is 62.2 Å². The molecule has 1 aromatic rings. The lowest BCUT2D eigenvalue weighted by Crippen LogP contribution is -2.53. The fraction of sp³-hybridized carbons (Fsp3) is 0.711. The zero-order valence-electron chi connectivity index (χ0n) is 27.9. The van der Waals surface area contributed by atoms with Crippen molar-refractivity contribution < 1.29 is 17.9 Å². The number of benzene rings is 1. The van der Waals surface area contributed by atoms with Crippen LogP contribution in [0.2, 0.25) is 0 Å². The first-order chi connectivity index (χ1) is 21.5. The average Bonchev–Trinajstić information content (AvgIpc) is 3.47. The lowest BCUT2D eigenvalue weighted by Gasteiger charge is -2.48. The summed E-state index contributed by atoms with van der Waals surface area (Å²) in [6.07, 6.45) is 12.5. The molecule has 1 aromatic carbocycles. The minimum absolute atomic E-state index is 0.119. The van der Waals surface area contributed by atoms with E-state index in [1.54, 1.807) is 11.1 Å². The summed E-state index contributed by atoms with van der Waals surface area (Å²) in [5, 5.41) is 0. The maximum Gasteiger partial charge on any atom is 0.211 e. The van der Waals surface area contributed by atoms with Crippen molar-refractivity contribution in [2.75, 3.05) is 25.4 Å². The van der Waals surface area contributed by atoms with Gasteiger partial charge in [0.25, 0.3) is 0 Å². The van der Waals surface area contributed by atoms with E-state index in [2.05, 4.69) is 37.3 Å². The molecule has 6 aliphatic rings. The van der Waals surface area contributed by atoms with E-state index in [1.165, 1.54) is 24.8 Å². The quantitative estimate of drug-likeness (QED) is 0.348. The minimum Gasteiger partial charge on any atom is -0.369 e. The Hall–Kier alpha value is -1.80. The Morgan fingerprint density at radius 1 is 1.09 bits per heavy atom. The third-order valence-corrected chi connectivity index (χ3v) is 14.8. The Morgan fingerprint density at radius 3 is 2.69 bits per heavy atom. The molecule has 2 heterocycles. The van der Waals surface area contributed by atoms with Crippen molar-refractivity contribution in [1.82, 2.24) is 9.62 Å². The number of allylic oxidation sites excluding steroid dienone is 3. The van der Waals surface area contributed by atoms with Gasteiger partial charge in [-0.2, -0.15) is 0 Å². The molecule has 45 heavy (non-hydrogen) atoms. The average molecular weight is 635 g/mol. The van der Waals surface area contributed by atoms with Gasteiger partial charge in [0.05, 0.1) is 17.5 Å². The maximum absolute atomic E-state index is 12.8. The molecule has 246 valence electrons. The Labute approximate surface area is 271 Å². The van der Waals surface area contributed by atoms with E-state index in [1.807, 2.05) is 36.4 Å². The van der Waals surface area contributed by atoms with E-state index in [9.17, 15) is 13.2 Å². The Morgan fingerprint density at radius 2 is 1.89 bits per heavy atom. The van der Waals surface area contributed by atoms with Crippen LogP contribution in [0.1, 0.15) is 91.0 Å². The van der Waals surface area contributed by atoms with Crippen LogP contribution >= 0.6 is 0 Å². The van der Waals surface area contributed by atoms with Crippen LogP contribution in [0, 0.1) is 35.0 Å². The van der Waals surface area contributed by atoms with Crippen molar-refractivity contribution in [1.29, 1.82) is 0 Å². The predicted octanol–water partition coefficient (Wildman–Crippen LogP) is 6.47. The highest BCUT2D eigenvalue weighted by Crippen LogP contribution is 2.64. The van der Waals surface area contributed by atoms with Crippen molar-refractivity contribution in [3.63, 3.8) is 0 Å². The van der Waals surface area contributed by atoms with Crippen LogP contribution in [0.5, 0.6) is 0 Å². The van der Waals surface area contributed by atoms with Gasteiger partial charge in [-0.05, 0) is 105 Å². The van der Waals surface area contributed by atoms with Crippen molar-refractivity contribution in [2.24, 2.45) is 35.0 Å². The van der Waals surface area contributed by atoms with Crippen LogP contribution in [-0.2, 0) is 26.0 Å². The fourth-order valence-electron chi connectivity index (χ4n) is 11.1. The van der Waals surface area contributed by atoms with Crippen LogP contribution < -0.4 is 4.72 Å². The molecule has 2 saturated carbocycles. The zero-order chi connectivity index (χ0) is 31.6. The number of ketones is 1. The molecule has 4 fully saturated rings. The summed E-state index contributed by atoms with van der Waals surface area (Å²) in [4.78, 5) is 14.8.